The first-order valence-electron chi connectivity index (χ1n) is 10.0. The summed E-state index contributed by atoms with van der Waals surface area (Å²) in [6, 6.07) is 0. The maximum absolute atomic E-state index is 11.9. The largest absolute Gasteiger partial charge is 0.462 e. The van der Waals surface area contributed by atoms with Crippen molar-refractivity contribution < 1.29 is 14.3 Å². The number of ether oxygens (including phenoxy) is 1. The van der Waals surface area contributed by atoms with E-state index < -0.39 is 0 Å². The molecule has 25 heavy (non-hydrogen) atoms. The van der Waals surface area contributed by atoms with Gasteiger partial charge in [0.15, 0.2) is 5.78 Å². The fraction of sp³-hybridized carbons (Fsp3) is 0.727. The van der Waals surface area contributed by atoms with Gasteiger partial charge in [0.25, 0.3) is 0 Å². The van der Waals surface area contributed by atoms with Crippen LogP contribution < -0.4 is 0 Å². The summed E-state index contributed by atoms with van der Waals surface area (Å²) < 4.78 is 5.84. The van der Waals surface area contributed by atoms with Crippen molar-refractivity contribution in [1.82, 2.24) is 0 Å². The van der Waals surface area contributed by atoms with Gasteiger partial charge >= 0.3 is 5.97 Å². The Balaban J connectivity index is 1.64. The van der Waals surface area contributed by atoms with Gasteiger partial charge in [-0.1, -0.05) is 32.9 Å². The Labute approximate surface area is 150 Å². The quantitative estimate of drug-likeness (QED) is 0.688. The molecular formula is C22H30O3. The highest BCUT2D eigenvalue weighted by molar-refractivity contribution is 5.92. The van der Waals surface area contributed by atoms with Crippen molar-refractivity contribution >= 4 is 11.8 Å². The average molecular weight is 342 g/mol. The minimum atomic E-state index is -0.0591. The molecule has 0 aromatic heterocycles. The van der Waals surface area contributed by atoms with E-state index in [-0.39, 0.29) is 28.7 Å². The number of ketones is 1. The number of esters is 1. The molecule has 0 heterocycles. The maximum atomic E-state index is 11.9. The summed E-state index contributed by atoms with van der Waals surface area (Å²) in [6.07, 6.45) is 13.2. The van der Waals surface area contributed by atoms with Gasteiger partial charge in [-0.05, 0) is 66.9 Å². The zero-order valence-electron chi connectivity index (χ0n) is 15.7. The summed E-state index contributed by atoms with van der Waals surface area (Å²) in [5.41, 5.74) is 1.51. The van der Waals surface area contributed by atoms with Gasteiger partial charge in [0, 0.05) is 18.3 Å². The first kappa shape index (κ1) is 17.1. The number of carbonyl (C=O) groups excluding carboxylic acids is 2. The topological polar surface area (TPSA) is 43.4 Å². The van der Waals surface area contributed by atoms with Gasteiger partial charge in [-0.2, -0.15) is 0 Å². The van der Waals surface area contributed by atoms with Crippen LogP contribution in [0.15, 0.2) is 23.8 Å². The molecule has 3 heteroatoms. The highest BCUT2D eigenvalue weighted by atomic mass is 16.5. The number of rotatable bonds is 2. The van der Waals surface area contributed by atoms with Crippen LogP contribution in [0, 0.1) is 28.6 Å². The number of carbonyl (C=O) groups is 2. The second-order valence-corrected chi connectivity index (χ2v) is 9.09. The van der Waals surface area contributed by atoms with Crippen molar-refractivity contribution in [2.24, 2.45) is 28.6 Å². The molecule has 3 unspecified atom stereocenters. The summed E-state index contributed by atoms with van der Waals surface area (Å²) in [5, 5.41) is 0. The standard InChI is InChI=1S/C22H30O3/c1-4-20(24)25-19-8-7-17-16-6-5-14-13-15(23)9-11-21(14,2)18(16)10-12-22(17,19)3/h5-6,13,16-19H,4,7-12H2,1-3H3/t16?,17?,18?,19-,21+,22+/m1/s1. The van der Waals surface area contributed by atoms with Crippen LogP contribution in [0.25, 0.3) is 0 Å². The molecular weight excluding hydrogens is 312 g/mol. The number of fused-ring (bicyclic) bond motifs is 5. The molecule has 4 aliphatic rings. The Morgan fingerprint density at radius 3 is 2.76 bits per heavy atom. The van der Waals surface area contributed by atoms with Crippen molar-refractivity contribution in [2.75, 3.05) is 0 Å². The Kier molecular flexibility index (Phi) is 3.97. The molecule has 0 spiro atoms. The van der Waals surface area contributed by atoms with Crippen molar-refractivity contribution in [2.45, 2.75) is 71.8 Å². The predicted molar refractivity (Wildman–Crippen MR) is 96.8 cm³/mol. The van der Waals surface area contributed by atoms with Gasteiger partial charge in [-0.15, -0.1) is 0 Å². The van der Waals surface area contributed by atoms with Crippen molar-refractivity contribution in [3.63, 3.8) is 0 Å². The third-order valence-corrected chi connectivity index (χ3v) is 7.99. The van der Waals surface area contributed by atoms with E-state index in [1.165, 1.54) is 12.0 Å². The lowest BCUT2D eigenvalue weighted by Gasteiger charge is -2.55. The normalized spacial score (nSPS) is 45.2. The third kappa shape index (κ3) is 2.45. The molecule has 0 aromatic rings. The van der Waals surface area contributed by atoms with E-state index in [2.05, 4.69) is 26.0 Å². The van der Waals surface area contributed by atoms with Gasteiger partial charge in [0.2, 0.25) is 0 Å². The van der Waals surface area contributed by atoms with Gasteiger partial charge in [0.1, 0.15) is 6.10 Å². The highest BCUT2D eigenvalue weighted by Crippen LogP contribution is 2.64. The Morgan fingerprint density at radius 1 is 1.20 bits per heavy atom. The summed E-state index contributed by atoms with van der Waals surface area (Å²) in [5.74, 6) is 1.99. The monoisotopic (exact) mass is 342 g/mol. The van der Waals surface area contributed by atoms with Crippen LogP contribution in [0.5, 0.6) is 0 Å². The first-order chi connectivity index (χ1) is 11.9. The van der Waals surface area contributed by atoms with Crippen LogP contribution in [0.3, 0.4) is 0 Å². The smallest absolute Gasteiger partial charge is 0.305 e. The van der Waals surface area contributed by atoms with Crippen LogP contribution >= 0.6 is 0 Å². The average Bonchev–Trinajstić information content (AvgIpc) is 2.92. The van der Waals surface area contributed by atoms with Crippen LogP contribution in [0.2, 0.25) is 0 Å². The summed E-state index contributed by atoms with van der Waals surface area (Å²) in [6.45, 7) is 6.59. The molecule has 4 rings (SSSR count). The lowest BCUT2D eigenvalue weighted by atomic mass is 9.49. The fourth-order valence-corrected chi connectivity index (χ4v) is 6.38. The lowest BCUT2D eigenvalue weighted by Crippen LogP contribution is -2.50. The highest BCUT2D eigenvalue weighted by Gasteiger charge is 2.58. The van der Waals surface area contributed by atoms with Crippen LogP contribution in [-0.2, 0) is 14.3 Å². The van der Waals surface area contributed by atoms with Crippen molar-refractivity contribution in [3.05, 3.63) is 23.8 Å². The van der Waals surface area contributed by atoms with E-state index in [0.717, 1.165) is 25.7 Å². The molecule has 3 nitrogen and oxygen atoms in total. The molecule has 0 N–H and O–H groups in total. The number of hydrogen-bond acceptors (Lipinski definition) is 3. The van der Waals surface area contributed by atoms with E-state index in [1.807, 2.05) is 13.0 Å². The molecule has 0 aromatic carbocycles. The fourth-order valence-electron chi connectivity index (χ4n) is 6.38. The van der Waals surface area contributed by atoms with Gasteiger partial charge in [-0.25, -0.2) is 0 Å². The number of allylic oxidation sites excluding steroid dienone is 4. The van der Waals surface area contributed by atoms with Crippen LogP contribution in [-0.4, -0.2) is 17.9 Å². The molecule has 0 aliphatic heterocycles. The molecule has 0 bridgehead atoms. The molecule has 0 saturated heterocycles. The Hall–Kier alpha value is -1.38. The minimum absolute atomic E-state index is 0.0591. The van der Waals surface area contributed by atoms with Crippen molar-refractivity contribution in [1.29, 1.82) is 0 Å². The Bertz CT molecular complexity index is 660. The second kappa shape index (κ2) is 5.82. The van der Waals surface area contributed by atoms with Crippen LogP contribution in [0.4, 0.5) is 0 Å². The first-order valence-corrected chi connectivity index (χ1v) is 10.0. The summed E-state index contributed by atoms with van der Waals surface area (Å²) >= 11 is 0. The van der Waals surface area contributed by atoms with Crippen molar-refractivity contribution in [3.8, 4) is 0 Å². The van der Waals surface area contributed by atoms with E-state index in [1.54, 1.807) is 0 Å². The molecule has 2 saturated carbocycles. The summed E-state index contributed by atoms with van der Waals surface area (Å²) in [4.78, 5) is 23.7. The minimum Gasteiger partial charge on any atom is -0.462 e. The SMILES string of the molecule is CCC(=O)O[C@@H]1CCC2C3C=CC4=CC(=O)CC[C@]4(C)C3CC[C@@]21C. The lowest BCUT2D eigenvalue weighted by molar-refractivity contribution is -0.158. The maximum Gasteiger partial charge on any atom is 0.305 e. The van der Waals surface area contributed by atoms with Crippen LogP contribution in [0.1, 0.15) is 65.7 Å². The third-order valence-electron chi connectivity index (χ3n) is 7.99. The van der Waals surface area contributed by atoms with E-state index in [0.29, 0.717) is 30.6 Å². The second-order valence-electron chi connectivity index (χ2n) is 9.09. The van der Waals surface area contributed by atoms with E-state index in [9.17, 15) is 9.59 Å². The van der Waals surface area contributed by atoms with E-state index in [4.69, 9.17) is 4.74 Å². The zero-order valence-corrected chi connectivity index (χ0v) is 15.7. The van der Waals surface area contributed by atoms with E-state index >= 15 is 0 Å². The van der Waals surface area contributed by atoms with Gasteiger partial charge < -0.3 is 4.74 Å². The molecule has 0 radical (unpaired) electrons. The van der Waals surface area contributed by atoms with Gasteiger partial charge in [-0.3, -0.25) is 9.59 Å². The predicted octanol–water partition coefficient (Wildman–Crippen LogP) is 4.62. The zero-order chi connectivity index (χ0) is 17.8. The molecule has 2 fully saturated rings. The Morgan fingerprint density at radius 2 is 2.00 bits per heavy atom. The van der Waals surface area contributed by atoms with Gasteiger partial charge in [0.05, 0.1) is 0 Å². The molecule has 6 atom stereocenters. The molecule has 136 valence electrons. The summed E-state index contributed by atoms with van der Waals surface area (Å²) in [7, 11) is 0. The molecule has 4 aliphatic carbocycles. The number of hydrogen-bond donors (Lipinski definition) is 0. The molecule has 0 amide bonds.